The van der Waals surface area contributed by atoms with Crippen molar-refractivity contribution in [2.75, 3.05) is 25.6 Å². The van der Waals surface area contributed by atoms with Crippen molar-refractivity contribution in [1.82, 2.24) is 10.2 Å². The third kappa shape index (κ3) is 10.7. The monoisotopic (exact) mass is 583 g/mol. The highest BCUT2D eigenvalue weighted by molar-refractivity contribution is 5.99. The maximum absolute atomic E-state index is 14.1. The Bertz CT molecular complexity index is 1160. The number of aliphatic hydroxyl groups is 1. The van der Waals surface area contributed by atoms with Gasteiger partial charge in [-0.1, -0.05) is 57.2 Å². The Labute approximate surface area is 251 Å². The van der Waals surface area contributed by atoms with Crippen molar-refractivity contribution in [1.29, 1.82) is 0 Å². The molecule has 2 aromatic rings. The van der Waals surface area contributed by atoms with E-state index in [9.17, 15) is 19.5 Å². The second-order valence-corrected chi connectivity index (χ2v) is 11.6. The summed E-state index contributed by atoms with van der Waals surface area (Å²) < 4.78 is 10.6. The van der Waals surface area contributed by atoms with E-state index in [0.717, 1.165) is 43.2 Å². The zero-order valence-electron chi connectivity index (χ0n) is 26.3. The number of methoxy groups -OCH3 is 1. The fourth-order valence-corrected chi connectivity index (χ4v) is 4.67. The number of unbranched alkanes of at least 4 members (excludes halogenated alkanes) is 5. The Morgan fingerprint density at radius 2 is 1.60 bits per heavy atom. The number of hydrogen-bond donors (Lipinski definition) is 3. The average molecular weight is 584 g/mol. The number of carbonyl (C=O) groups excluding carboxylic acids is 3. The number of rotatable bonds is 15. The summed E-state index contributed by atoms with van der Waals surface area (Å²) in [5.41, 5.74) is 2.30. The van der Waals surface area contributed by atoms with Crippen LogP contribution in [0.25, 0.3) is 0 Å². The van der Waals surface area contributed by atoms with E-state index in [4.69, 9.17) is 9.47 Å². The number of ether oxygens (including phenoxy) is 2. The smallest absolute Gasteiger partial charge is 0.408 e. The van der Waals surface area contributed by atoms with Crippen LogP contribution >= 0.6 is 0 Å². The van der Waals surface area contributed by atoms with Gasteiger partial charge in [0.1, 0.15) is 23.4 Å². The largest absolute Gasteiger partial charge is 0.497 e. The SMILES string of the molecule is CCCCCCCCN(C(=O)C(CO)NC(=O)OC(C)(C)C)C(C(=O)Nc1ccc(OC)cc1)c1cccc(C)c1C. The molecule has 0 aromatic heterocycles. The molecule has 0 fully saturated rings. The van der Waals surface area contributed by atoms with Crippen LogP contribution < -0.4 is 15.4 Å². The van der Waals surface area contributed by atoms with Crippen LogP contribution in [0.3, 0.4) is 0 Å². The Morgan fingerprint density at radius 1 is 0.952 bits per heavy atom. The van der Waals surface area contributed by atoms with Crippen molar-refractivity contribution in [3.05, 3.63) is 59.2 Å². The quantitative estimate of drug-likeness (QED) is 0.219. The van der Waals surface area contributed by atoms with Crippen LogP contribution in [-0.4, -0.2) is 59.8 Å². The van der Waals surface area contributed by atoms with Crippen molar-refractivity contribution in [3.63, 3.8) is 0 Å². The number of carbonyl (C=O) groups is 3. The fraction of sp³-hybridized carbons (Fsp3) is 0.545. The van der Waals surface area contributed by atoms with Gasteiger partial charge in [-0.25, -0.2) is 4.79 Å². The van der Waals surface area contributed by atoms with E-state index >= 15 is 0 Å². The molecule has 2 aromatic carbocycles. The van der Waals surface area contributed by atoms with Crippen LogP contribution in [0.1, 0.15) is 89.0 Å². The van der Waals surface area contributed by atoms with Gasteiger partial charge < -0.3 is 30.1 Å². The molecule has 0 aliphatic carbocycles. The lowest BCUT2D eigenvalue weighted by Crippen LogP contribution is -2.54. The number of nitrogens with one attached hydrogen (secondary N) is 2. The molecule has 3 amide bonds. The minimum Gasteiger partial charge on any atom is -0.497 e. The van der Waals surface area contributed by atoms with Gasteiger partial charge in [0, 0.05) is 12.2 Å². The minimum absolute atomic E-state index is 0.269. The summed E-state index contributed by atoms with van der Waals surface area (Å²) in [5, 5.41) is 15.7. The van der Waals surface area contributed by atoms with Crippen LogP contribution in [-0.2, 0) is 14.3 Å². The van der Waals surface area contributed by atoms with Crippen LogP contribution in [0.4, 0.5) is 10.5 Å². The van der Waals surface area contributed by atoms with Crippen molar-refractivity contribution < 1.29 is 29.0 Å². The Kier molecular flexibility index (Phi) is 13.8. The van der Waals surface area contributed by atoms with Gasteiger partial charge in [0.05, 0.1) is 13.7 Å². The van der Waals surface area contributed by atoms with Gasteiger partial charge in [-0.05, 0) is 82.0 Å². The molecule has 0 heterocycles. The first-order chi connectivity index (χ1) is 19.9. The summed E-state index contributed by atoms with van der Waals surface area (Å²) in [6, 6.07) is 10.3. The molecule has 2 atom stereocenters. The maximum atomic E-state index is 14.1. The number of alkyl carbamates (subject to hydrolysis) is 1. The van der Waals surface area contributed by atoms with Gasteiger partial charge in [0.15, 0.2) is 0 Å². The molecule has 9 heteroatoms. The van der Waals surface area contributed by atoms with Gasteiger partial charge in [0.2, 0.25) is 5.91 Å². The number of benzene rings is 2. The first-order valence-corrected chi connectivity index (χ1v) is 14.8. The summed E-state index contributed by atoms with van der Waals surface area (Å²) in [6.07, 6.45) is 5.11. The molecule has 42 heavy (non-hydrogen) atoms. The van der Waals surface area contributed by atoms with Crippen LogP contribution in [0.15, 0.2) is 42.5 Å². The lowest BCUT2D eigenvalue weighted by molar-refractivity contribution is -0.141. The molecule has 0 bridgehead atoms. The summed E-state index contributed by atoms with van der Waals surface area (Å²) in [5.74, 6) is -0.312. The van der Waals surface area contributed by atoms with Crippen molar-refractivity contribution >= 4 is 23.6 Å². The van der Waals surface area contributed by atoms with E-state index in [0.29, 0.717) is 23.4 Å². The molecule has 0 aliphatic heterocycles. The lowest BCUT2D eigenvalue weighted by Gasteiger charge is -2.35. The van der Waals surface area contributed by atoms with Crippen LogP contribution in [0.5, 0.6) is 5.75 Å². The molecule has 3 N–H and O–H groups in total. The molecule has 0 radical (unpaired) electrons. The lowest BCUT2D eigenvalue weighted by atomic mass is 9.94. The van der Waals surface area contributed by atoms with Crippen LogP contribution in [0.2, 0.25) is 0 Å². The molecule has 2 unspecified atom stereocenters. The van der Waals surface area contributed by atoms with Crippen molar-refractivity contribution in [3.8, 4) is 5.75 Å². The molecule has 0 saturated carbocycles. The van der Waals surface area contributed by atoms with Gasteiger partial charge in [0.25, 0.3) is 5.91 Å². The topological polar surface area (TPSA) is 117 Å². The van der Waals surface area contributed by atoms with E-state index in [1.54, 1.807) is 52.1 Å². The van der Waals surface area contributed by atoms with Crippen LogP contribution in [0, 0.1) is 13.8 Å². The van der Waals surface area contributed by atoms with Gasteiger partial charge >= 0.3 is 6.09 Å². The predicted molar refractivity (Wildman–Crippen MR) is 166 cm³/mol. The highest BCUT2D eigenvalue weighted by atomic mass is 16.6. The average Bonchev–Trinajstić information content (AvgIpc) is 2.94. The number of hydrogen-bond acceptors (Lipinski definition) is 6. The molecular formula is C33H49N3O6. The number of aryl methyl sites for hydroxylation is 1. The molecule has 2 rings (SSSR count). The number of aliphatic hydroxyl groups excluding tert-OH is 1. The molecule has 232 valence electrons. The van der Waals surface area contributed by atoms with Crippen molar-refractivity contribution in [2.24, 2.45) is 0 Å². The molecule has 0 spiro atoms. The normalized spacial score (nSPS) is 12.7. The van der Waals surface area contributed by atoms with E-state index in [1.165, 1.54) is 4.90 Å². The zero-order valence-corrected chi connectivity index (χ0v) is 26.3. The summed E-state index contributed by atoms with van der Waals surface area (Å²) in [6.45, 7) is 10.8. The summed E-state index contributed by atoms with van der Waals surface area (Å²) >= 11 is 0. The molecule has 9 nitrogen and oxygen atoms in total. The first-order valence-electron chi connectivity index (χ1n) is 14.8. The Morgan fingerprint density at radius 3 is 2.19 bits per heavy atom. The Hall–Kier alpha value is -3.59. The van der Waals surface area contributed by atoms with Gasteiger partial charge in [-0.2, -0.15) is 0 Å². The van der Waals surface area contributed by atoms with Gasteiger partial charge in [-0.3, -0.25) is 9.59 Å². The highest BCUT2D eigenvalue weighted by Gasteiger charge is 2.36. The maximum Gasteiger partial charge on any atom is 0.408 e. The Balaban J connectivity index is 2.50. The van der Waals surface area contributed by atoms with E-state index < -0.39 is 42.2 Å². The third-order valence-electron chi connectivity index (χ3n) is 7.07. The van der Waals surface area contributed by atoms with Crippen molar-refractivity contribution in [2.45, 2.75) is 97.8 Å². The highest BCUT2D eigenvalue weighted by Crippen LogP contribution is 2.29. The van der Waals surface area contributed by atoms with E-state index in [1.807, 2.05) is 32.0 Å². The second-order valence-electron chi connectivity index (χ2n) is 11.6. The summed E-state index contributed by atoms with van der Waals surface area (Å²) in [4.78, 5) is 42.2. The number of anilines is 1. The van der Waals surface area contributed by atoms with E-state index in [2.05, 4.69) is 17.6 Å². The predicted octanol–water partition coefficient (Wildman–Crippen LogP) is 6.07. The second kappa shape index (κ2) is 16.8. The molecular weight excluding hydrogens is 534 g/mol. The standard InChI is InChI=1S/C33H49N3O6/c1-8-9-10-11-12-13-21-36(31(39)28(22-37)35-32(40)42-33(4,5)6)29(27-16-14-15-23(2)24(27)3)30(38)34-25-17-19-26(41-7)20-18-25/h14-20,28-29,37H,8-13,21-22H2,1-7H3,(H,34,38)(H,35,40). The van der Waals surface area contributed by atoms with E-state index in [-0.39, 0.29) is 6.54 Å². The minimum atomic E-state index is -1.29. The first kappa shape index (κ1) is 34.6. The fourth-order valence-electron chi connectivity index (χ4n) is 4.67. The molecule has 0 saturated heterocycles. The molecule has 0 aliphatic rings. The number of amides is 3. The zero-order chi connectivity index (χ0) is 31.3. The summed E-state index contributed by atoms with van der Waals surface area (Å²) in [7, 11) is 1.57. The number of nitrogens with zero attached hydrogens (tertiary/aromatic N) is 1. The third-order valence-corrected chi connectivity index (χ3v) is 7.07. The van der Waals surface area contributed by atoms with Gasteiger partial charge in [-0.15, -0.1) is 0 Å².